The maximum atomic E-state index is 12.2. The van der Waals surface area contributed by atoms with Gasteiger partial charge in [0.15, 0.2) is 0 Å². The molecule has 1 heterocycles. The third kappa shape index (κ3) is 8.35. The maximum absolute atomic E-state index is 12.2. The Kier molecular flexibility index (Phi) is 6.88. The molecule has 0 aromatic heterocycles. The van der Waals surface area contributed by atoms with Crippen LogP contribution in [0, 0.1) is 5.92 Å². The first-order chi connectivity index (χ1) is 7.39. The normalized spacial score (nSPS) is 18.2. The number of nitrogens with zero attached hydrogens (tertiary/aromatic N) is 1. The van der Waals surface area contributed by atoms with Crippen LogP contribution < -0.4 is 0 Å². The number of ether oxygens (including phenoxy) is 1. The monoisotopic (exact) mass is 233 g/mol. The van der Waals surface area contributed by atoms with Gasteiger partial charge in [0.2, 0.25) is 0 Å². The average molecular weight is 233 g/mol. The predicted molar refractivity (Wildman–Crippen MR) is 58.4 cm³/mol. The molecule has 0 aromatic rings. The number of carbonyl (C=O) groups excluding carboxylic acids is 2. The molecule has 5 heteroatoms. The summed E-state index contributed by atoms with van der Waals surface area (Å²) in [6.45, 7) is 6.76. The van der Waals surface area contributed by atoms with E-state index in [4.69, 9.17) is 0 Å². The molecular formula is C11H20FNO3. The molecule has 0 aromatic carbocycles. The highest BCUT2D eigenvalue weighted by molar-refractivity contribution is 5.53. The smallest absolute Gasteiger partial charge is 0.293 e. The Balaban J connectivity index is 0.000000293. The van der Waals surface area contributed by atoms with Crippen molar-refractivity contribution in [2.75, 3.05) is 13.1 Å². The lowest BCUT2D eigenvalue weighted by atomic mass is 10.0. The van der Waals surface area contributed by atoms with E-state index in [-0.39, 0.29) is 11.5 Å². The van der Waals surface area contributed by atoms with Crippen molar-refractivity contribution in [3.05, 3.63) is 0 Å². The van der Waals surface area contributed by atoms with Crippen molar-refractivity contribution in [3.8, 4) is 0 Å². The van der Waals surface area contributed by atoms with Crippen LogP contribution in [-0.2, 0) is 14.3 Å². The van der Waals surface area contributed by atoms with Gasteiger partial charge in [0.05, 0.1) is 0 Å². The summed E-state index contributed by atoms with van der Waals surface area (Å²) < 4.78 is 16.8. The minimum atomic E-state index is -0.318. The van der Waals surface area contributed by atoms with E-state index in [2.05, 4.69) is 4.74 Å². The number of hydrogen-bond donors (Lipinski definition) is 0. The Bertz CT molecular complexity index is 208. The Morgan fingerprint density at radius 2 is 1.75 bits per heavy atom. The van der Waals surface area contributed by atoms with Gasteiger partial charge in [0, 0.05) is 19.0 Å². The van der Waals surface area contributed by atoms with Crippen LogP contribution in [-0.4, -0.2) is 36.6 Å². The summed E-state index contributed by atoms with van der Waals surface area (Å²) >= 11 is 0. The molecule has 0 N–H and O–H groups in total. The van der Waals surface area contributed by atoms with E-state index in [1.54, 1.807) is 0 Å². The predicted octanol–water partition coefficient (Wildman–Crippen LogP) is 1.74. The van der Waals surface area contributed by atoms with E-state index in [9.17, 15) is 14.1 Å². The van der Waals surface area contributed by atoms with Gasteiger partial charge in [0.25, 0.3) is 6.47 Å². The number of piperidine rings is 1. The van der Waals surface area contributed by atoms with Gasteiger partial charge in [0.1, 0.15) is 11.9 Å². The first kappa shape index (κ1) is 15.0. The number of aldehydes is 1. The summed E-state index contributed by atoms with van der Waals surface area (Å²) in [4.78, 5) is 19.7. The maximum Gasteiger partial charge on any atom is 0.293 e. The van der Waals surface area contributed by atoms with E-state index < -0.39 is 0 Å². The summed E-state index contributed by atoms with van der Waals surface area (Å²) in [5, 5.41) is 0.764. The highest BCUT2D eigenvalue weighted by Crippen LogP contribution is 2.14. The van der Waals surface area contributed by atoms with E-state index in [1.807, 2.05) is 20.8 Å². The largest absolute Gasteiger partial charge is 0.462 e. The highest BCUT2D eigenvalue weighted by atomic mass is 19.2. The molecular weight excluding hydrogens is 213 g/mol. The van der Waals surface area contributed by atoms with Gasteiger partial charge in [-0.25, -0.2) is 0 Å². The zero-order chi connectivity index (χ0) is 12.6. The molecule has 0 amide bonds. The molecule has 1 aliphatic rings. The van der Waals surface area contributed by atoms with Gasteiger partial charge in [-0.05, 0) is 33.6 Å². The fourth-order valence-corrected chi connectivity index (χ4v) is 1.15. The summed E-state index contributed by atoms with van der Waals surface area (Å²) in [5.74, 6) is 0.108. The van der Waals surface area contributed by atoms with Crippen molar-refractivity contribution in [1.82, 2.24) is 5.12 Å². The Morgan fingerprint density at radius 3 is 2.00 bits per heavy atom. The molecule has 1 aliphatic heterocycles. The first-order valence-corrected chi connectivity index (χ1v) is 5.36. The summed E-state index contributed by atoms with van der Waals surface area (Å²) in [5.41, 5.74) is -0.318. The molecule has 0 atom stereocenters. The minimum absolute atomic E-state index is 0.108. The van der Waals surface area contributed by atoms with Crippen molar-refractivity contribution in [3.63, 3.8) is 0 Å². The van der Waals surface area contributed by atoms with E-state index in [0.29, 0.717) is 32.4 Å². The number of hydrogen-bond acceptors (Lipinski definition) is 4. The van der Waals surface area contributed by atoms with Crippen LogP contribution in [0.3, 0.4) is 0 Å². The van der Waals surface area contributed by atoms with Crippen LogP contribution in [0.4, 0.5) is 4.48 Å². The first-order valence-electron chi connectivity index (χ1n) is 5.36. The Morgan fingerprint density at radius 1 is 1.25 bits per heavy atom. The third-order valence-corrected chi connectivity index (χ3v) is 2.08. The molecule has 0 radical (unpaired) electrons. The topological polar surface area (TPSA) is 46.6 Å². The van der Waals surface area contributed by atoms with Crippen LogP contribution in [0.15, 0.2) is 0 Å². The summed E-state index contributed by atoms with van der Waals surface area (Å²) in [6.07, 6.45) is 2.28. The lowest BCUT2D eigenvalue weighted by Gasteiger charge is -2.21. The zero-order valence-corrected chi connectivity index (χ0v) is 10.1. The van der Waals surface area contributed by atoms with Crippen molar-refractivity contribution >= 4 is 12.8 Å². The average Bonchev–Trinajstić information content (AvgIpc) is 2.18. The van der Waals surface area contributed by atoms with Crippen LogP contribution in [0.5, 0.6) is 0 Å². The molecule has 16 heavy (non-hydrogen) atoms. The van der Waals surface area contributed by atoms with Crippen LogP contribution in [0.1, 0.15) is 33.6 Å². The molecule has 4 nitrogen and oxygen atoms in total. The van der Waals surface area contributed by atoms with Gasteiger partial charge >= 0.3 is 0 Å². The molecule has 1 fully saturated rings. The molecule has 1 rings (SSSR count). The van der Waals surface area contributed by atoms with E-state index in [1.165, 1.54) is 0 Å². The standard InChI is InChI=1S/C6H10FNO.C5H10O2/c7-8-3-1-6(5-9)2-4-8;1-5(2,3)7-4-6/h5-6H,1-4H2;4H,1-3H3. The lowest BCUT2D eigenvalue weighted by molar-refractivity contribution is -0.138. The zero-order valence-electron chi connectivity index (χ0n) is 10.1. The number of halogens is 1. The van der Waals surface area contributed by atoms with Crippen molar-refractivity contribution in [2.24, 2.45) is 5.92 Å². The van der Waals surface area contributed by atoms with Gasteiger partial charge in [-0.3, -0.25) is 4.79 Å². The van der Waals surface area contributed by atoms with Crippen LogP contribution in [0.25, 0.3) is 0 Å². The highest BCUT2D eigenvalue weighted by Gasteiger charge is 2.17. The lowest BCUT2D eigenvalue weighted by Crippen LogP contribution is -2.27. The van der Waals surface area contributed by atoms with Gasteiger partial charge in [-0.15, -0.1) is 9.60 Å². The van der Waals surface area contributed by atoms with Crippen molar-refractivity contribution in [2.45, 2.75) is 39.2 Å². The van der Waals surface area contributed by atoms with E-state index >= 15 is 0 Å². The van der Waals surface area contributed by atoms with Gasteiger partial charge < -0.3 is 9.53 Å². The Labute approximate surface area is 95.7 Å². The van der Waals surface area contributed by atoms with Crippen LogP contribution in [0.2, 0.25) is 0 Å². The number of rotatable bonds is 2. The fraction of sp³-hybridized carbons (Fsp3) is 0.818. The van der Waals surface area contributed by atoms with Crippen molar-refractivity contribution < 1.29 is 18.8 Å². The summed E-state index contributed by atoms with van der Waals surface area (Å²) in [6, 6.07) is 0. The summed E-state index contributed by atoms with van der Waals surface area (Å²) in [7, 11) is 0. The molecule has 94 valence electrons. The number of carbonyl (C=O) groups is 2. The molecule has 0 aliphatic carbocycles. The molecule has 0 saturated carbocycles. The molecule has 1 saturated heterocycles. The minimum Gasteiger partial charge on any atom is -0.462 e. The second kappa shape index (κ2) is 7.33. The SMILES string of the molecule is CC(C)(C)OC=O.O=CC1CCN(F)CC1. The second-order valence-electron chi connectivity index (χ2n) is 4.71. The molecule has 0 unspecified atom stereocenters. The Hall–Kier alpha value is -0.970. The van der Waals surface area contributed by atoms with E-state index in [0.717, 1.165) is 11.4 Å². The second-order valence-corrected chi connectivity index (χ2v) is 4.71. The fourth-order valence-electron chi connectivity index (χ4n) is 1.15. The molecule has 0 bridgehead atoms. The van der Waals surface area contributed by atoms with Crippen LogP contribution >= 0.6 is 0 Å². The quantitative estimate of drug-likeness (QED) is 0.538. The third-order valence-electron chi connectivity index (χ3n) is 2.08. The molecule has 0 spiro atoms. The van der Waals surface area contributed by atoms with Gasteiger partial charge in [-0.2, -0.15) is 0 Å². The van der Waals surface area contributed by atoms with Gasteiger partial charge in [-0.1, -0.05) is 0 Å². The van der Waals surface area contributed by atoms with Crippen molar-refractivity contribution in [1.29, 1.82) is 0 Å².